The van der Waals surface area contributed by atoms with E-state index in [-0.39, 0.29) is 11.8 Å². The van der Waals surface area contributed by atoms with E-state index < -0.39 is 0 Å². The summed E-state index contributed by atoms with van der Waals surface area (Å²) in [7, 11) is 0. The molecule has 2 heteroatoms. The molecule has 8 aromatic carbocycles. The van der Waals surface area contributed by atoms with E-state index in [1.807, 2.05) is 0 Å². The topological polar surface area (TPSA) is 9.86 Å². The highest BCUT2D eigenvalue weighted by molar-refractivity contribution is 6.12. The van der Waals surface area contributed by atoms with E-state index >= 15 is 0 Å². The van der Waals surface area contributed by atoms with Gasteiger partial charge in [-0.25, -0.2) is 0 Å². The molecule has 0 radical (unpaired) electrons. The van der Waals surface area contributed by atoms with Crippen LogP contribution >= 0.6 is 0 Å². The number of hydrogen-bond donors (Lipinski definition) is 0. The van der Waals surface area contributed by atoms with Crippen molar-refractivity contribution < 1.29 is 0 Å². The number of benzene rings is 8. The van der Waals surface area contributed by atoms with Crippen LogP contribution in [0, 0.1) is 11.8 Å². The molecule has 2 aromatic heterocycles. The largest absolute Gasteiger partial charge is 0.309 e. The Morgan fingerprint density at radius 3 is 1.22 bits per heavy atom. The molecule has 0 amide bonds. The Balaban J connectivity index is 0.987. The summed E-state index contributed by atoms with van der Waals surface area (Å²) in [4.78, 5) is 0. The number of aromatic nitrogens is 2. The fraction of sp³-hybridized carbons (Fsp3) is 0.0357. The Kier molecular flexibility index (Phi) is 7.39. The molecule has 10 aromatic rings. The Morgan fingerprint density at radius 1 is 0.293 bits per heavy atom. The summed E-state index contributed by atoms with van der Waals surface area (Å²) in [5, 5.41) is 7.69. The van der Waals surface area contributed by atoms with E-state index in [9.17, 15) is 0 Å². The van der Waals surface area contributed by atoms with Gasteiger partial charge >= 0.3 is 0 Å². The molecular weight excluding hydrogens is 701 g/mol. The molecular formula is C56H38N2. The number of allylic oxidation sites excluding steroid dienone is 4. The van der Waals surface area contributed by atoms with Crippen molar-refractivity contribution in [3.63, 3.8) is 0 Å². The van der Waals surface area contributed by atoms with Gasteiger partial charge in [-0.2, -0.15) is 0 Å². The molecule has 12 rings (SSSR count). The molecule has 2 aliphatic rings. The summed E-state index contributed by atoms with van der Waals surface area (Å²) in [5.74, 6) is 0.522. The van der Waals surface area contributed by atoms with E-state index in [1.165, 1.54) is 93.1 Å². The summed E-state index contributed by atoms with van der Waals surface area (Å²) in [6.45, 7) is 0. The second kappa shape index (κ2) is 13.1. The Morgan fingerprint density at radius 2 is 0.690 bits per heavy atom. The first-order valence-electron chi connectivity index (χ1n) is 20.3. The lowest BCUT2D eigenvalue weighted by molar-refractivity contribution is 0.686. The van der Waals surface area contributed by atoms with Crippen molar-refractivity contribution in [3.8, 4) is 22.5 Å². The van der Waals surface area contributed by atoms with Crippen LogP contribution < -0.4 is 10.4 Å². The first kappa shape index (κ1) is 32.8. The molecule has 2 heterocycles. The van der Waals surface area contributed by atoms with E-state index in [1.54, 1.807) is 0 Å². The fourth-order valence-electron chi connectivity index (χ4n) is 10.0. The van der Waals surface area contributed by atoms with E-state index in [0.717, 1.165) is 5.69 Å². The van der Waals surface area contributed by atoms with Crippen molar-refractivity contribution in [3.05, 3.63) is 240 Å². The zero-order chi connectivity index (χ0) is 38.2. The standard InChI is InChI=1S/C56H38N2/c1-3-15-37(16-4-1)55-45-21-7-9-23-47(45)56(48-24-10-8-22-46(48)55)38-27-31-42(32-28-38)58-52-26-14-12-20-44(52)50-36-40(30-34-54(50)58)39-29-33-53-49(35-39)43-19-11-13-25-51(43)57(53)41-17-5-2-6-18-41/h1-36,45,47H. The van der Waals surface area contributed by atoms with Gasteiger partial charge in [-0.15, -0.1) is 0 Å². The van der Waals surface area contributed by atoms with Gasteiger partial charge in [0.25, 0.3) is 0 Å². The molecule has 58 heavy (non-hydrogen) atoms. The van der Waals surface area contributed by atoms with Gasteiger partial charge in [-0.1, -0.05) is 158 Å². The van der Waals surface area contributed by atoms with Crippen LogP contribution in [0.5, 0.6) is 0 Å². The summed E-state index contributed by atoms with van der Waals surface area (Å²) in [6, 6.07) is 71.4. The SMILES string of the molecule is C1=CC2C(c3ccccc3)=c3ccccc3=C(c3ccc(-n4c5ccccc5c5cc(-c6ccc7c(c6)c6ccccc6n7-c6ccccc6)ccc54)cc3)C2C=C1. The van der Waals surface area contributed by atoms with Crippen LogP contribution in [0.4, 0.5) is 0 Å². The number of rotatable bonds is 5. The molecule has 2 aliphatic carbocycles. The summed E-state index contributed by atoms with van der Waals surface area (Å²) < 4.78 is 4.81. The molecule has 0 aliphatic heterocycles. The van der Waals surface area contributed by atoms with Crippen molar-refractivity contribution >= 4 is 54.8 Å². The van der Waals surface area contributed by atoms with Crippen LogP contribution in [0.15, 0.2) is 218 Å². The number of nitrogens with zero attached hydrogens (tertiary/aromatic N) is 2. The summed E-state index contributed by atoms with van der Waals surface area (Å²) >= 11 is 0. The van der Waals surface area contributed by atoms with E-state index in [2.05, 4.69) is 228 Å². The minimum Gasteiger partial charge on any atom is -0.309 e. The average molecular weight is 739 g/mol. The molecule has 0 fully saturated rings. The van der Waals surface area contributed by atoms with Gasteiger partial charge in [0.2, 0.25) is 0 Å². The maximum atomic E-state index is 2.43. The molecule has 2 unspecified atom stereocenters. The first-order chi connectivity index (χ1) is 28.8. The van der Waals surface area contributed by atoms with Crippen molar-refractivity contribution in [2.75, 3.05) is 0 Å². The Labute approximate surface area is 336 Å². The van der Waals surface area contributed by atoms with E-state index in [4.69, 9.17) is 0 Å². The minimum atomic E-state index is 0.252. The minimum absolute atomic E-state index is 0.252. The predicted molar refractivity (Wildman–Crippen MR) is 243 cm³/mol. The highest BCUT2D eigenvalue weighted by atomic mass is 15.0. The maximum absolute atomic E-state index is 2.43. The van der Waals surface area contributed by atoms with Gasteiger partial charge in [0.15, 0.2) is 0 Å². The highest BCUT2D eigenvalue weighted by Crippen LogP contribution is 2.42. The lowest BCUT2D eigenvalue weighted by Gasteiger charge is -2.33. The third-order valence-corrected chi connectivity index (χ3v) is 12.5. The average Bonchev–Trinajstić information content (AvgIpc) is 3.81. The van der Waals surface area contributed by atoms with Crippen molar-refractivity contribution in [2.24, 2.45) is 11.8 Å². The fourth-order valence-corrected chi connectivity index (χ4v) is 10.0. The van der Waals surface area contributed by atoms with Crippen molar-refractivity contribution in [2.45, 2.75) is 0 Å². The third kappa shape index (κ3) is 4.98. The molecule has 2 atom stereocenters. The quantitative estimate of drug-likeness (QED) is 0.166. The van der Waals surface area contributed by atoms with Crippen LogP contribution in [-0.2, 0) is 0 Å². The van der Waals surface area contributed by atoms with Crippen molar-refractivity contribution in [1.29, 1.82) is 0 Å². The van der Waals surface area contributed by atoms with Crippen LogP contribution in [0.1, 0.15) is 11.1 Å². The van der Waals surface area contributed by atoms with Gasteiger partial charge in [-0.05, 0) is 105 Å². The molecule has 0 bridgehead atoms. The molecule has 0 saturated carbocycles. The normalized spacial score (nSPS) is 16.1. The van der Waals surface area contributed by atoms with Crippen molar-refractivity contribution in [1.82, 2.24) is 9.13 Å². The predicted octanol–water partition coefficient (Wildman–Crippen LogP) is 12.3. The zero-order valence-electron chi connectivity index (χ0n) is 31.8. The first-order valence-corrected chi connectivity index (χ1v) is 20.3. The number of hydrogen-bond acceptors (Lipinski definition) is 0. The monoisotopic (exact) mass is 738 g/mol. The van der Waals surface area contributed by atoms with Gasteiger partial charge in [0.1, 0.15) is 0 Å². The Hall–Kier alpha value is -7.42. The van der Waals surface area contributed by atoms with Crippen LogP contribution in [-0.4, -0.2) is 9.13 Å². The lowest BCUT2D eigenvalue weighted by Crippen LogP contribution is -2.40. The lowest BCUT2D eigenvalue weighted by atomic mass is 9.70. The highest BCUT2D eigenvalue weighted by Gasteiger charge is 2.31. The summed E-state index contributed by atoms with van der Waals surface area (Å²) in [6.07, 6.45) is 9.23. The van der Waals surface area contributed by atoms with Gasteiger partial charge in [-0.3, -0.25) is 0 Å². The second-order valence-electron chi connectivity index (χ2n) is 15.6. The molecule has 0 N–H and O–H groups in total. The van der Waals surface area contributed by atoms with Gasteiger partial charge in [0, 0.05) is 44.8 Å². The third-order valence-electron chi connectivity index (χ3n) is 12.5. The summed E-state index contributed by atoms with van der Waals surface area (Å²) in [5.41, 5.74) is 15.0. The van der Waals surface area contributed by atoms with Crippen LogP contribution in [0.25, 0.3) is 77.3 Å². The molecule has 2 nitrogen and oxygen atoms in total. The number of para-hydroxylation sites is 3. The second-order valence-corrected chi connectivity index (χ2v) is 15.6. The maximum Gasteiger partial charge on any atom is 0.0541 e. The molecule has 272 valence electrons. The molecule has 0 saturated heterocycles. The van der Waals surface area contributed by atoms with Crippen LogP contribution in [0.2, 0.25) is 0 Å². The zero-order valence-corrected chi connectivity index (χ0v) is 31.8. The molecule has 0 spiro atoms. The number of fused-ring (bicyclic) bond motifs is 8. The van der Waals surface area contributed by atoms with Gasteiger partial charge in [0.05, 0.1) is 22.1 Å². The van der Waals surface area contributed by atoms with Crippen LogP contribution in [0.3, 0.4) is 0 Å². The van der Waals surface area contributed by atoms with E-state index in [0.29, 0.717) is 0 Å². The van der Waals surface area contributed by atoms with Gasteiger partial charge < -0.3 is 9.13 Å². The smallest absolute Gasteiger partial charge is 0.0541 e. The Bertz CT molecular complexity index is 3430.